The molecule has 0 amide bonds. The third-order valence-electron chi connectivity index (χ3n) is 3.66. The van der Waals surface area contributed by atoms with Crippen molar-refractivity contribution in [2.45, 2.75) is 38.0 Å². The highest BCUT2D eigenvalue weighted by molar-refractivity contribution is 8.13. The summed E-state index contributed by atoms with van der Waals surface area (Å²) in [5, 5.41) is 0. The Labute approximate surface area is 187 Å². The lowest BCUT2D eigenvalue weighted by atomic mass is 10.5. The molecule has 0 aromatic carbocycles. The average Bonchev–Trinajstić information content (AvgIpc) is 3.01. The van der Waals surface area contributed by atoms with Crippen LogP contribution in [0.4, 0.5) is 26.3 Å². The summed E-state index contributed by atoms with van der Waals surface area (Å²) in [6, 6.07) is 0. The number of aryl methyl sites for hydroxylation is 1. The van der Waals surface area contributed by atoms with Gasteiger partial charge in [0.1, 0.15) is 18.9 Å². The van der Waals surface area contributed by atoms with Crippen LogP contribution in [0.3, 0.4) is 0 Å². The Hall–Kier alpha value is -1.47. The van der Waals surface area contributed by atoms with E-state index in [4.69, 9.17) is 14.2 Å². The molecule has 33 heavy (non-hydrogen) atoms. The van der Waals surface area contributed by atoms with Crippen molar-refractivity contribution in [1.82, 2.24) is 4.57 Å². The normalized spacial score (nSPS) is 13.0. The van der Waals surface area contributed by atoms with Crippen molar-refractivity contribution < 1.29 is 62.0 Å². The van der Waals surface area contributed by atoms with Crippen molar-refractivity contribution in [3.63, 3.8) is 0 Å². The molecule has 1 rings (SSSR count). The van der Waals surface area contributed by atoms with Gasteiger partial charge in [0.25, 0.3) is 5.82 Å². The summed E-state index contributed by atoms with van der Waals surface area (Å²) in [6.07, 6.45) is 4.19. The summed E-state index contributed by atoms with van der Waals surface area (Å²) in [5.74, 6) is 1.26. The molecule has 0 saturated carbocycles. The van der Waals surface area contributed by atoms with E-state index in [1.807, 2.05) is 0 Å². The Bertz CT molecular complexity index is 873. The largest absolute Gasteiger partial charge is 0.480 e. The number of imidazole rings is 1. The fourth-order valence-corrected chi connectivity index (χ4v) is 3.66. The molecule has 0 aliphatic heterocycles. The third kappa shape index (κ3) is 11.0. The summed E-state index contributed by atoms with van der Waals surface area (Å²) in [6.45, 7) is 9.41. The molecule has 1 heterocycles. The molecule has 0 radical (unpaired) electrons. The summed E-state index contributed by atoms with van der Waals surface area (Å²) in [5.41, 5.74) is -12.4. The van der Waals surface area contributed by atoms with Gasteiger partial charge in [-0.3, -0.25) is 0 Å². The lowest BCUT2D eigenvalue weighted by molar-refractivity contribution is -0.703. The number of sulfonamides is 2. The molecule has 1 aromatic rings. The van der Waals surface area contributed by atoms with E-state index >= 15 is 0 Å². The first-order valence-corrected chi connectivity index (χ1v) is 11.9. The average molecular weight is 538 g/mol. The summed E-state index contributed by atoms with van der Waals surface area (Å²) in [4.78, 5) is 0. The van der Waals surface area contributed by atoms with Gasteiger partial charge in [-0.15, -0.1) is 0 Å². The van der Waals surface area contributed by atoms with Crippen molar-refractivity contribution in [2.24, 2.45) is 0 Å². The van der Waals surface area contributed by atoms with Crippen LogP contribution in [-0.2, 0) is 47.3 Å². The molecule has 0 N–H and O–H groups in total. The molecule has 0 unspecified atom stereocenters. The number of hydrogen-bond acceptors (Lipinski definition) is 7. The molecule has 0 bridgehead atoms. The number of methoxy groups -OCH3 is 1. The van der Waals surface area contributed by atoms with Crippen LogP contribution >= 0.6 is 0 Å². The number of alkyl halides is 6. The highest BCUT2D eigenvalue weighted by Gasteiger charge is 2.46. The van der Waals surface area contributed by atoms with E-state index in [0.717, 1.165) is 17.2 Å². The van der Waals surface area contributed by atoms with Crippen LogP contribution in [0.15, 0.2) is 12.4 Å². The first kappa shape index (κ1) is 31.5. The van der Waals surface area contributed by atoms with Crippen molar-refractivity contribution >= 4 is 20.0 Å². The molecular formula is C15H25F6N3O7S2. The zero-order valence-corrected chi connectivity index (χ0v) is 19.5. The van der Waals surface area contributed by atoms with Gasteiger partial charge in [0, 0.05) is 14.0 Å². The Morgan fingerprint density at radius 1 is 0.909 bits per heavy atom. The van der Waals surface area contributed by atoms with Gasteiger partial charge in [0.15, 0.2) is 20.0 Å². The fraction of sp³-hybridized carbons (Fsp3) is 0.800. The van der Waals surface area contributed by atoms with Crippen molar-refractivity contribution in [1.29, 1.82) is 0 Å². The maximum Gasteiger partial charge on any atom is 0.480 e. The number of ether oxygens (including phenoxy) is 3. The van der Waals surface area contributed by atoms with E-state index in [0.29, 0.717) is 33.0 Å². The van der Waals surface area contributed by atoms with Crippen LogP contribution in [0.25, 0.3) is 4.13 Å². The monoisotopic (exact) mass is 537 g/mol. The highest BCUT2D eigenvalue weighted by Crippen LogP contribution is 2.36. The lowest BCUT2D eigenvalue weighted by Gasteiger charge is -2.22. The first-order valence-electron chi connectivity index (χ1n) is 9.06. The minimum atomic E-state index is -6.72. The van der Waals surface area contributed by atoms with Gasteiger partial charge in [0.05, 0.1) is 39.6 Å². The van der Waals surface area contributed by atoms with Crippen LogP contribution in [0.1, 0.15) is 12.7 Å². The van der Waals surface area contributed by atoms with Gasteiger partial charge in [-0.2, -0.15) is 26.3 Å². The maximum atomic E-state index is 11.4. The van der Waals surface area contributed by atoms with Crippen molar-refractivity contribution in [3.8, 4) is 0 Å². The third-order valence-corrected chi connectivity index (χ3v) is 6.40. The van der Waals surface area contributed by atoms with Crippen LogP contribution in [-0.4, -0.2) is 72.6 Å². The molecule has 0 spiro atoms. The summed E-state index contributed by atoms with van der Waals surface area (Å²) < 4.78 is 129. The van der Waals surface area contributed by atoms with Crippen molar-refractivity contribution in [3.05, 3.63) is 22.3 Å². The molecule has 0 aliphatic rings. The van der Waals surface area contributed by atoms with E-state index in [1.54, 1.807) is 7.11 Å². The molecule has 10 nitrogen and oxygen atoms in total. The number of hydrogen-bond donors (Lipinski definition) is 0. The summed E-state index contributed by atoms with van der Waals surface area (Å²) >= 11 is 0. The Kier molecular flexibility index (Phi) is 12.8. The van der Waals surface area contributed by atoms with E-state index in [-0.39, 0.29) is 0 Å². The van der Waals surface area contributed by atoms with E-state index < -0.39 is 31.1 Å². The predicted octanol–water partition coefficient (Wildman–Crippen LogP) is 1.84. The van der Waals surface area contributed by atoms with Gasteiger partial charge in [-0.05, 0) is 6.92 Å². The molecule has 0 saturated heterocycles. The van der Waals surface area contributed by atoms with E-state index in [9.17, 15) is 43.2 Å². The zero-order chi connectivity index (χ0) is 25.9. The SMILES string of the molecule is CCn1cc[n+](CCOCCOCCOC)c1C.O=S(=O)([N-]S(=O)(=O)C(F)(F)F)C(F)(F)F. The number of aromatic nitrogens is 2. The van der Waals surface area contributed by atoms with Crippen LogP contribution < -0.4 is 4.57 Å². The topological polar surface area (TPSA) is 119 Å². The van der Waals surface area contributed by atoms with Gasteiger partial charge >= 0.3 is 11.0 Å². The fourth-order valence-electron chi connectivity index (χ4n) is 1.95. The minimum absolute atomic E-state index is 0.628. The minimum Gasteiger partial charge on any atom is -0.421 e. The van der Waals surface area contributed by atoms with Gasteiger partial charge in [0.2, 0.25) is 0 Å². The second-order valence-electron chi connectivity index (χ2n) is 5.96. The predicted molar refractivity (Wildman–Crippen MR) is 102 cm³/mol. The van der Waals surface area contributed by atoms with Gasteiger partial charge in [-0.25, -0.2) is 26.0 Å². The standard InChI is InChI=1S/C13H25N2O3.C2F6NO4S2/c1-4-14-5-6-15(13(14)2)7-8-17-11-12-18-10-9-16-3;3-1(4,5)14(10,11)9-15(12,13)2(6,7)8/h5-6H,4,7-12H2,1-3H3;/q+1;-1. The number of nitrogens with zero attached hydrogens (tertiary/aromatic N) is 3. The lowest BCUT2D eigenvalue weighted by Crippen LogP contribution is -2.37. The van der Waals surface area contributed by atoms with E-state index in [1.165, 1.54) is 5.82 Å². The molecule has 0 atom stereocenters. The maximum absolute atomic E-state index is 11.4. The van der Waals surface area contributed by atoms with Gasteiger partial charge in [-0.1, -0.05) is 0 Å². The molecule has 1 aromatic heterocycles. The molecule has 196 valence electrons. The van der Waals surface area contributed by atoms with E-state index in [2.05, 4.69) is 35.4 Å². The Morgan fingerprint density at radius 2 is 1.36 bits per heavy atom. The molecule has 0 fully saturated rings. The number of halogens is 6. The zero-order valence-electron chi connectivity index (χ0n) is 17.9. The molecule has 0 aliphatic carbocycles. The van der Waals surface area contributed by atoms with Crippen molar-refractivity contribution in [2.75, 3.05) is 40.1 Å². The number of rotatable bonds is 12. The van der Waals surface area contributed by atoms with Crippen LogP contribution in [0.2, 0.25) is 0 Å². The second-order valence-corrected chi connectivity index (χ2v) is 9.38. The van der Waals surface area contributed by atoms with Crippen LogP contribution in [0.5, 0.6) is 0 Å². The molecule has 18 heteroatoms. The highest BCUT2D eigenvalue weighted by atomic mass is 32.3. The second kappa shape index (κ2) is 13.4. The smallest absolute Gasteiger partial charge is 0.421 e. The van der Waals surface area contributed by atoms with Crippen LogP contribution in [0, 0.1) is 6.92 Å². The molecular weight excluding hydrogens is 512 g/mol. The quantitative estimate of drug-likeness (QED) is 0.227. The Balaban J connectivity index is 0.000000633. The first-order chi connectivity index (χ1) is 15.0. The Morgan fingerprint density at radius 3 is 1.76 bits per heavy atom. The summed E-state index contributed by atoms with van der Waals surface area (Å²) in [7, 11) is -11.8. The van der Waals surface area contributed by atoms with Gasteiger partial charge < -0.3 is 18.3 Å².